The van der Waals surface area contributed by atoms with Crippen LogP contribution < -0.4 is 11.2 Å². The van der Waals surface area contributed by atoms with Crippen LogP contribution in [0, 0.1) is 0 Å². The van der Waals surface area contributed by atoms with Crippen molar-refractivity contribution in [3.8, 4) is 17.1 Å². The maximum absolute atomic E-state index is 13.0. The molecule has 0 saturated carbocycles. The Morgan fingerprint density at radius 2 is 1.93 bits per heavy atom. The average molecular weight is 402 g/mol. The second kappa shape index (κ2) is 8.35. The van der Waals surface area contributed by atoms with E-state index in [1.807, 2.05) is 54.6 Å². The van der Waals surface area contributed by atoms with Crippen LogP contribution in [-0.4, -0.2) is 37.4 Å². The quantitative estimate of drug-likeness (QED) is 0.372. The molecule has 0 unspecified atom stereocenters. The highest BCUT2D eigenvalue weighted by atomic mass is 16.6. The summed E-state index contributed by atoms with van der Waals surface area (Å²) < 4.78 is 5.81. The summed E-state index contributed by atoms with van der Waals surface area (Å²) in [5.41, 5.74) is 11.5. The molecule has 0 aliphatic carbocycles. The van der Waals surface area contributed by atoms with Gasteiger partial charge in [-0.2, -0.15) is 9.78 Å². The minimum Gasteiger partial charge on any atom is -0.378 e. The minimum absolute atomic E-state index is 0.0203. The summed E-state index contributed by atoms with van der Waals surface area (Å²) in [5, 5.41) is 19.4. The first-order chi connectivity index (χ1) is 14.7. The number of nitrogens with one attached hydrogen (secondary N) is 1. The number of hydrogen-bond donors (Lipinski definition) is 2. The third kappa shape index (κ3) is 3.78. The summed E-state index contributed by atoms with van der Waals surface area (Å²) in [4.78, 5) is 13.0. The largest absolute Gasteiger partial charge is 0.378 e. The number of nitrogen functional groups attached to an aromatic ring is 1. The number of carbonyl (C=O) groups is 1. The first kappa shape index (κ1) is 19.0. The van der Waals surface area contributed by atoms with Crippen LogP contribution in [0.3, 0.4) is 0 Å². The second-order valence-corrected chi connectivity index (χ2v) is 6.33. The van der Waals surface area contributed by atoms with Gasteiger partial charge >= 0.3 is 0 Å². The molecule has 0 radical (unpaired) electrons. The molecule has 1 amide bonds. The second-order valence-electron chi connectivity index (χ2n) is 6.33. The molecule has 0 atom stereocenters. The number of carbonyl (C=O) groups excluding carboxylic acids is 1. The Balaban J connectivity index is 1.65. The third-order valence-corrected chi connectivity index (χ3v) is 4.40. The van der Waals surface area contributed by atoms with Crippen molar-refractivity contribution in [2.24, 2.45) is 5.10 Å². The monoisotopic (exact) mass is 402 g/mol. The predicted octanol–water partition coefficient (Wildman–Crippen LogP) is 2.23. The third-order valence-electron chi connectivity index (χ3n) is 4.40. The van der Waals surface area contributed by atoms with Gasteiger partial charge in [0.2, 0.25) is 11.6 Å². The Morgan fingerprint density at radius 3 is 2.60 bits per heavy atom. The Labute approximate surface area is 171 Å². The van der Waals surface area contributed by atoms with Gasteiger partial charge in [0.1, 0.15) is 5.69 Å². The Morgan fingerprint density at radius 1 is 1.17 bits per heavy atom. The number of anilines is 1. The van der Waals surface area contributed by atoms with Crippen molar-refractivity contribution in [1.29, 1.82) is 0 Å². The van der Waals surface area contributed by atoms with Crippen LogP contribution in [0.5, 0.6) is 0 Å². The Kier molecular flexibility index (Phi) is 5.29. The van der Waals surface area contributed by atoms with Gasteiger partial charge in [-0.25, -0.2) is 10.1 Å². The molecule has 4 aromatic rings. The maximum atomic E-state index is 13.0. The lowest BCUT2D eigenvalue weighted by Crippen LogP contribution is -2.22. The fraction of sp³-hybridized carbons (Fsp3) is 0.100. The van der Waals surface area contributed by atoms with E-state index in [0.29, 0.717) is 11.3 Å². The van der Waals surface area contributed by atoms with Gasteiger partial charge in [-0.15, -0.1) is 5.10 Å². The average Bonchev–Trinajstić information content (AvgIpc) is 3.40. The van der Waals surface area contributed by atoms with Crippen LogP contribution in [0.25, 0.3) is 17.1 Å². The Hall–Kier alpha value is -4.34. The summed E-state index contributed by atoms with van der Waals surface area (Å²) in [5.74, 6) is -0.496. The number of hydrogen-bond acceptors (Lipinski definition) is 8. The molecule has 2 aromatic heterocycles. The van der Waals surface area contributed by atoms with Crippen molar-refractivity contribution >= 4 is 17.9 Å². The lowest BCUT2D eigenvalue weighted by molar-refractivity contribution is 0.0948. The van der Waals surface area contributed by atoms with E-state index in [9.17, 15) is 4.79 Å². The molecule has 2 aromatic carbocycles. The van der Waals surface area contributed by atoms with Gasteiger partial charge in [0.05, 0.1) is 6.21 Å². The number of benzene rings is 2. The smallest absolute Gasteiger partial charge is 0.292 e. The van der Waals surface area contributed by atoms with Crippen molar-refractivity contribution in [2.75, 3.05) is 5.73 Å². The predicted molar refractivity (Wildman–Crippen MR) is 110 cm³/mol. The van der Waals surface area contributed by atoms with E-state index in [4.69, 9.17) is 5.73 Å². The van der Waals surface area contributed by atoms with Gasteiger partial charge < -0.3 is 5.73 Å². The number of nitrogens with zero attached hydrogens (tertiary/aromatic N) is 6. The fourth-order valence-corrected chi connectivity index (χ4v) is 2.82. The van der Waals surface area contributed by atoms with E-state index in [0.717, 1.165) is 12.0 Å². The topological polar surface area (TPSA) is 137 Å². The van der Waals surface area contributed by atoms with Gasteiger partial charge in [-0.05, 0) is 27.9 Å². The van der Waals surface area contributed by atoms with Gasteiger partial charge in [0, 0.05) is 5.56 Å². The zero-order valence-corrected chi connectivity index (χ0v) is 16.1. The number of rotatable bonds is 6. The highest BCUT2D eigenvalue weighted by Gasteiger charge is 2.25. The van der Waals surface area contributed by atoms with E-state index >= 15 is 0 Å². The van der Waals surface area contributed by atoms with Gasteiger partial charge in [-0.1, -0.05) is 66.7 Å². The normalized spacial score (nSPS) is 11.1. The van der Waals surface area contributed by atoms with Crippen LogP contribution in [0.2, 0.25) is 0 Å². The highest BCUT2D eigenvalue weighted by molar-refractivity contribution is 5.99. The summed E-state index contributed by atoms with van der Waals surface area (Å²) in [6.45, 7) is 2.09. The molecule has 3 N–H and O–H groups in total. The summed E-state index contributed by atoms with van der Waals surface area (Å²) in [6, 6.07) is 17.0. The summed E-state index contributed by atoms with van der Waals surface area (Å²) >= 11 is 0. The minimum atomic E-state index is -0.539. The lowest BCUT2D eigenvalue weighted by atomic mass is 10.1. The van der Waals surface area contributed by atoms with Crippen molar-refractivity contribution in [2.45, 2.75) is 13.3 Å². The summed E-state index contributed by atoms with van der Waals surface area (Å²) in [6.07, 6.45) is 2.51. The highest BCUT2D eigenvalue weighted by Crippen LogP contribution is 2.24. The molecule has 0 aliphatic heterocycles. The van der Waals surface area contributed by atoms with Gasteiger partial charge in [0.25, 0.3) is 5.91 Å². The number of amides is 1. The van der Waals surface area contributed by atoms with Crippen LogP contribution >= 0.6 is 0 Å². The standard InChI is InChI=1S/C20H18N8O2/c1-2-13-8-10-14(11-9-13)12-22-24-20(29)17-16(15-6-4-3-5-7-15)23-27-28(17)19-18(21)25-30-26-19/h3-12H,2H2,1H3,(H2,21,25)(H,24,29)/b22-12+. The number of aryl methyl sites for hydroxylation is 1. The van der Waals surface area contributed by atoms with Crippen LogP contribution in [-0.2, 0) is 6.42 Å². The van der Waals surface area contributed by atoms with E-state index in [2.05, 4.69) is 42.7 Å². The number of aromatic nitrogens is 5. The first-order valence-corrected chi connectivity index (χ1v) is 9.19. The lowest BCUT2D eigenvalue weighted by Gasteiger charge is -2.05. The molecule has 0 saturated heterocycles. The van der Waals surface area contributed by atoms with Crippen LogP contribution in [0.15, 0.2) is 64.3 Å². The molecule has 2 heterocycles. The molecule has 0 fully saturated rings. The zero-order chi connectivity index (χ0) is 20.9. The molecule has 0 spiro atoms. The van der Waals surface area contributed by atoms with Crippen LogP contribution in [0.4, 0.5) is 5.82 Å². The number of hydrazone groups is 1. The fourth-order valence-electron chi connectivity index (χ4n) is 2.82. The van der Waals surface area contributed by atoms with E-state index in [1.165, 1.54) is 10.2 Å². The molecule has 10 heteroatoms. The van der Waals surface area contributed by atoms with E-state index in [1.54, 1.807) is 6.21 Å². The van der Waals surface area contributed by atoms with Crippen molar-refractivity contribution < 1.29 is 9.42 Å². The van der Waals surface area contributed by atoms with Crippen molar-refractivity contribution in [3.05, 3.63) is 71.4 Å². The molecule has 150 valence electrons. The molecule has 0 aliphatic rings. The van der Waals surface area contributed by atoms with E-state index < -0.39 is 5.91 Å². The Bertz CT molecular complexity index is 1180. The van der Waals surface area contributed by atoms with Crippen molar-refractivity contribution in [3.63, 3.8) is 0 Å². The van der Waals surface area contributed by atoms with Crippen LogP contribution in [0.1, 0.15) is 28.5 Å². The zero-order valence-electron chi connectivity index (χ0n) is 16.1. The molecule has 4 rings (SSSR count). The van der Waals surface area contributed by atoms with Gasteiger partial charge in [-0.3, -0.25) is 4.79 Å². The van der Waals surface area contributed by atoms with Gasteiger partial charge in [0.15, 0.2) is 5.69 Å². The molecule has 30 heavy (non-hydrogen) atoms. The molecule has 10 nitrogen and oxygen atoms in total. The van der Waals surface area contributed by atoms with E-state index in [-0.39, 0.29) is 17.3 Å². The molecular formula is C20H18N8O2. The molecule has 0 bridgehead atoms. The first-order valence-electron chi connectivity index (χ1n) is 9.19. The SMILES string of the molecule is CCc1ccc(/C=N/NC(=O)c2c(-c3ccccc3)nnn2-c2nonc2N)cc1. The molecular weight excluding hydrogens is 384 g/mol. The van der Waals surface area contributed by atoms with Crippen molar-refractivity contribution in [1.82, 2.24) is 30.7 Å². The maximum Gasteiger partial charge on any atom is 0.292 e. The summed E-state index contributed by atoms with van der Waals surface area (Å²) in [7, 11) is 0. The number of nitrogens with two attached hydrogens (primary N) is 1.